The first-order valence-corrected chi connectivity index (χ1v) is 14.6. The minimum atomic E-state index is -2.15. The normalized spacial score (nSPS) is 17.1. The summed E-state index contributed by atoms with van der Waals surface area (Å²) in [7, 11) is -2.15. The van der Waals surface area contributed by atoms with Gasteiger partial charge in [0.1, 0.15) is 11.5 Å². The average Bonchev–Trinajstić information content (AvgIpc) is 2.63. The minimum absolute atomic E-state index is 0.189. The van der Waals surface area contributed by atoms with Crippen molar-refractivity contribution in [1.29, 1.82) is 0 Å². The number of aromatic hydroxyl groups is 1. The first-order valence-electron chi connectivity index (χ1n) is 11.6. The molecule has 0 aromatic heterocycles. The van der Waals surface area contributed by atoms with Gasteiger partial charge in [-0.05, 0) is 58.3 Å². The maximum Gasteiger partial charge on any atom is 0.258 e. The molecule has 1 aliphatic carbocycles. The minimum Gasteiger partial charge on any atom is -0.542 e. The monoisotopic (exact) mass is 490 g/mol. The number of hydrogen-bond donors (Lipinski definition) is 1. The Balaban J connectivity index is 2.44. The number of aryl methyl sites for hydroxylation is 1. The molecule has 0 bridgehead atoms. The molecule has 0 saturated heterocycles. The van der Waals surface area contributed by atoms with Crippen LogP contribution in [0.5, 0.6) is 11.5 Å². The second-order valence-electron chi connectivity index (χ2n) is 10.5. The fourth-order valence-electron chi connectivity index (χ4n) is 6.02. The van der Waals surface area contributed by atoms with Crippen LogP contribution in [0.15, 0.2) is 16.6 Å². The number of hydrogen-bond acceptors (Lipinski definition) is 2. The van der Waals surface area contributed by atoms with Crippen LogP contribution in [0.25, 0.3) is 10.8 Å². The summed E-state index contributed by atoms with van der Waals surface area (Å²) in [4.78, 5) is 0. The highest BCUT2D eigenvalue weighted by Crippen LogP contribution is 2.54. The summed E-state index contributed by atoms with van der Waals surface area (Å²) < 4.78 is 8.29. The number of phenolic OH excluding ortho intramolecular Hbond substituents is 1. The topological polar surface area (TPSA) is 29.5 Å². The van der Waals surface area contributed by atoms with Crippen LogP contribution in [0.4, 0.5) is 0 Å². The summed E-state index contributed by atoms with van der Waals surface area (Å²) in [5.41, 5.74) is 5.13. The highest BCUT2D eigenvalue weighted by molar-refractivity contribution is 9.10. The van der Waals surface area contributed by atoms with Crippen molar-refractivity contribution in [1.82, 2.24) is 0 Å². The fraction of sp³-hybridized carbons (Fsp3) is 0.615. The lowest BCUT2D eigenvalue weighted by atomic mass is 9.79. The second-order valence-corrected chi connectivity index (χ2v) is 16.7. The molecule has 2 aromatic carbocycles. The van der Waals surface area contributed by atoms with Crippen molar-refractivity contribution in [3.05, 3.63) is 33.3 Å². The fourth-order valence-corrected chi connectivity index (χ4v) is 11.8. The zero-order chi connectivity index (χ0) is 22.5. The van der Waals surface area contributed by atoms with Gasteiger partial charge in [-0.3, -0.25) is 0 Å². The van der Waals surface area contributed by atoms with Gasteiger partial charge in [-0.2, -0.15) is 0 Å². The molecule has 0 aliphatic heterocycles. The third-order valence-electron chi connectivity index (χ3n) is 7.42. The van der Waals surface area contributed by atoms with E-state index in [1.165, 1.54) is 16.5 Å². The van der Waals surface area contributed by atoms with E-state index < -0.39 is 8.32 Å². The van der Waals surface area contributed by atoms with Gasteiger partial charge in [0.05, 0.1) is 0 Å². The summed E-state index contributed by atoms with van der Waals surface area (Å²) in [5.74, 6) is 2.09. The van der Waals surface area contributed by atoms with Crippen LogP contribution < -0.4 is 4.43 Å². The zero-order valence-electron chi connectivity index (χ0n) is 20.2. The molecule has 30 heavy (non-hydrogen) atoms. The van der Waals surface area contributed by atoms with E-state index in [4.69, 9.17) is 4.43 Å². The molecule has 0 spiro atoms. The molecule has 1 aliphatic rings. The number of benzene rings is 2. The number of halogens is 1. The Morgan fingerprint density at radius 2 is 1.53 bits per heavy atom. The predicted molar refractivity (Wildman–Crippen MR) is 136 cm³/mol. The smallest absolute Gasteiger partial charge is 0.258 e. The molecule has 2 nitrogen and oxygen atoms in total. The predicted octanol–water partition coefficient (Wildman–Crippen LogP) is 9.04. The molecule has 0 fully saturated rings. The Hall–Kier alpha value is -1.00. The van der Waals surface area contributed by atoms with E-state index in [2.05, 4.69) is 90.4 Å². The molecule has 4 heteroatoms. The highest BCUT2D eigenvalue weighted by Gasteiger charge is 2.48. The van der Waals surface area contributed by atoms with Crippen molar-refractivity contribution in [3.8, 4) is 11.5 Å². The molecule has 0 amide bonds. The Morgan fingerprint density at radius 1 is 0.967 bits per heavy atom. The van der Waals surface area contributed by atoms with Gasteiger partial charge in [0.25, 0.3) is 8.32 Å². The van der Waals surface area contributed by atoms with E-state index >= 15 is 0 Å². The molecule has 1 unspecified atom stereocenters. The maximum atomic E-state index is 11.6. The van der Waals surface area contributed by atoms with E-state index in [0.717, 1.165) is 34.0 Å². The zero-order valence-corrected chi connectivity index (χ0v) is 22.8. The van der Waals surface area contributed by atoms with E-state index in [0.29, 0.717) is 28.3 Å². The van der Waals surface area contributed by atoms with Crippen LogP contribution in [0.3, 0.4) is 0 Å². The second kappa shape index (κ2) is 8.50. The van der Waals surface area contributed by atoms with Gasteiger partial charge < -0.3 is 9.53 Å². The molecule has 0 saturated carbocycles. The van der Waals surface area contributed by atoms with Crippen molar-refractivity contribution in [2.24, 2.45) is 0 Å². The molecular weight excluding hydrogens is 452 g/mol. The molecule has 0 heterocycles. The lowest BCUT2D eigenvalue weighted by Crippen LogP contribution is -2.51. The van der Waals surface area contributed by atoms with Gasteiger partial charge in [-0.1, -0.05) is 84.3 Å². The summed E-state index contributed by atoms with van der Waals surface area (Å²) in [6, 6.07) is 4.33. The molecular formula is C26H39BrO2Si. The van der Waals surface area contributed by atoms with Gasteiger partial charge in [0.2, 0.25) is 0 Å². The van der Waals surface area contributed by atoms with E-state index in [1.807, 2.05) is 0 Å². The van der Waals surface area contributed by atoms with Gasteiger partial charge in [-0.25, -0.2) is 0 Å². The largest absolute Gasteiger partial charge is 0.542 e. The van der Waals surface area contributed by atoms with Crippen LogP contribution in [-0.2, 0) is 6.42 Å². The molecule has 1 atom stereocenters. The summed E-state index contributed by atoms with van der Waals surface area (Å²) in [5, 5.41) is 13.7. The van der Waals surface area contributed by atoms with Gasteiger partial charge in [-0.15, -0.1) is 0 Å². The third-order valence-corrected chi connectivity index (χ3v) is 14.1. The summed E-state index contributed by atoms with van der Waals surface area (Å²) in [6.07, 6.45) is 2.14. The Kier molecular flexibility index (Phi) is 6.70. The van der Waals surface area contributed by atoms with Gasteiger partial charge in [0, 0.05) is 21.0 Å². The van der Waals surface area contributed by atoms with Crippen LogP contribution >= 0.6 is 15.9 Å². The Labute approximate surface area is 192 Å². The van der Waals surface area contributed by atoms with Crippen molar-refractivity contribution in [2.45, 2.75) is 104 Å². The molecule has 166 valence electrons. The van der Waals surface area contributed by atoms with Crippen molar-refractivity contribution >= 4 is 35.0 Å². The van der Waals surface area contributed by atoms with E-state index in [1.54, 1.807) is 0 Å². The maximum absolute atomic E-state index is 11.6. The lowest BCUT2D eigenvalue weighted by Gasteiger charge is -2.44. The third kappa shape index (κ3) is 3.52. The van der Waals surface area contributed by atoms with E-state index in [-0.39, 0.29) is 5.92 Å². The van der Waals surface area contributed by atoms with Crippen molar-refractivity contribution in [2.75, 3.05) is 0 Å². The van der Waals surface area contributed by atoms with Crippen molar-refractivity contribution in [3.63, 3.8) is 0 Å². The lowest BCUT2D eigenvalue weighted by molar-refractivity contribution is 0.440. The molecule has 3 rings (SSSR count). The number of rotatable bonds is 6. The first-order chi connectivity index (χ1) is 13.9. The van der Waals surface area contributed by atoms with Crippen LogP contribution in [-0.4, -0.2) is 13.4 Å². The molecule has 1 N–H and O–H groups in total. The Morgan fingerprint density at radius 3 is 2.03 bits per heavy atom. The molecule has 0 radical (unpaired) electrons. The highest BCUT2D eigenvalue weighted by atomic mass is 79.9. The number of phenols is 1. The van der Waals surface area contributed by atoms with Crippen molar-refractivity contribution < 1.29 is 9.53 Å². The van der Waals surface area contributed by atoms with Crippen LogP contribution in [0.1, 0.15) is 97.3 Å². The van der Waals surface area contributed by atoms with Gasteiger partial charge in [0.15, 0.2) is 0 Å². The van der Waals surface area contributed by atoms with Crippen LogP contribution in [0, 0.1) is 0 Å². The summed E-state index contributed by atoms with van der Waals surface area (Å²) in [6.45, 7) is 20.6. The first kappa shape index (κ1) is 23.7. The van der Waals surface area contributed by atoms with E-state index in [9.17, 15) is 5.11 Å². The van der Waals surface area contributed by atoms with Crippen LogP contribution in [0.2, 0.25) is 16.6 Å². The summed E-state index contributed by atoms with van der Waals surface area (Å²) >= 11 is 3.74. The Bertz CT molecular complexity index is 924. The van der Waals surface area contributed by atoms with Gasteiger partial charge >= 0.3 is 0 Å². The average molecular weight is 492 g/mol. The standard InChI is InChI=1S/C26H39BrO2Si/c1-14(2)22-25(28)24-21(27)13-12-19-18(9)10-11-20(23(19)24)26(22)29-30(15(3)4,16(5)6)17(7)8/h12-18,28H,10-11H2,1-9H3. The molecule has 2 aromatic rings. The SMILES string of the molecule is CC(C)c1c(O[Si](C(C)C)(C(C)C)C(C)C)c2c3c(ccc(Br)c3c1O)C(C)CC2. The quantitative estimate of drug-likeness (QED) is 0.409.